The predicted molar refractivity (Wildman–Crippen MR) is 96.9 cm³/mol. The summed E-state index contributed by atoms with van der Waals surface area (Å²) in [5, 5.41) is 13.3. The number of hydrogen-bond donors (Lipinski definition) is 0. The molecule has 0 unspecified atom stereocenters. The van der Waals surface area contributed by atoms with Crippen molar-refractivity contribution in [1.29, 1.82) is 5.26 Å². The molecule has 8 heteroatoms. The predicted octanol–water partition coefficient (Wildman–Crippen LogP) is 4.59. The molecule has 0 radical (unpaired) electrons. The molecule has 0 saturated carbocycles. The second-order valence-electron chi connectivity index (χ2n) is 6.16. The molecule has 0 saturated heterocycles. The van der Waals surface area contributed by atoms with E-state index in [0.29, 0.717) is 11.1 Å². The maximum Gasteiger partial charge on any atom is 0.417 e. The fourth-order valence-corrected chi connectivity index (χ4v) is 3.06. The Morgan fingerprint density at radius 3 is 2.46 bits per heavy atom. The Labute approximate surface area is 157 Å². The Morgan fingerprint density at radius 1 is 1.04 bits per heavy atom. The SMILES string of the molecule is Cn1nc(-c2ccccc2)c2c(C(F)(F)F)cc(-c3cncc(C#N)c3)nc21. The summed E-state index contributed by atoms with van der Waals surface area (Å²) in [6.45, 7) is 0. The molecule has 1 aromatic carbocycles. The van der Waals surface area contributed by atoms with E-state index in [0.717, 1.165) is 6.07 Å². The van der Waals surface area contributed by atoms with E-state index in [-0.39, 0.29) is 28.0 Å². The Balaban J connectivity index is 2.05. The molecule has 4 rings (SSSR count). The third-order valence-electron chi connectivity index (χ3n) is 4.31. The lowest BCUT2D eigenvalue weighted by Crippen LogP contribution is -2.07. The molecule has 5 nitrogen and oxygen atoms in total. The molecular weight excluding hydrogens is 367 g/mol. The summed E-state index contributed by atoms with van der Waals surface area (Å²) in [4.78, 5) is 8.30. The summed E-state index contributed by atoms with van der Waals surface area (Å²) in [6.07, 6.45) is -1.89. The van der Waals surface area contributed by atoms with Crippen molar-refractivity contribution in [2.75, 3.05) is 0 Å². The minimum Gasteiger partial charge on any atom is -0.263 e. The van der Waals surface area contributed by atoms with Crippen molar-refractivity contribution < 1.29 is 13.2 Å². The minimum absolute atomic E-state index is 0.0608. The molecule has 3 heterocycles. The van der Waals surface area contributed by atoms with E-state index >= 15 is 0 Å². The molecule has 3 aromatic heterocycles. The molecular formula is C20H12F3N5. The van der Waals surface area contributed by atoms with E-state index in [4.69, 9.17) is 5.26 Å². The number of fused-ring (bicyclic) bond motifs is 1. The molecule has 0 amide bonds. The number of benzene rings is 1. The van der Waals surface area contributed by atoms with Crippen LogP contribution in [0.3, 0.4) is 0 Å². The molecule has 0 fully saturated rings. The summed E-state index contributed by atoms with van der Waals surface area (Å²) < 4.78 is 43.1. The number of aromatic nitrogens is 4. The van der Waals surface area contributed by atoms with E-state index in [1.807, 2.05) is 6.07 Å². The average molecular weight is 379 g/mol. The highest BCUT2D eigenvalue weighted by molar-refractivity contribution is 5.95. The molecule has 4 aromatic rings. The fourth-order valence-electron chi connectivity index (χ4n) is 3.06. The van der Waals surface area contributed by atoms with Gasteiger partial charge in [0.25, 0.3) is 0 Å². The van der Waals surface area contributed by atoms with Gasteiger partial charge in [0.15, 0.2) is 5.65 Å². The zero-order chi connectivity index (χ0) is 19.9. The van der Waals surface area contributed by atoms with Crippen molar-refractivity contribution in [1.82, 2.24) is 19.7 Å². The molecule has 0 N–H and O–H groups in total. The van der Waals surface area contributed by atoms with Gasteiger partial charge in [-0.1, -0.05) is 30.3 Å². The third-order valence-corrected chi connectivity index (χ3v) is 4.31. The second kappa shape index (κ2) is 6.46. The first kappa shape index (κ1) is 17.7. The highest BCUT2D eigenvalue weighted by Gasteiger charge is 2.36. The summed E-state index contributed by atoms with van der Waals surface area (Å²) in [7, 11) is 1.55. The van der Waals surface area contributed by atoms with E-state index in [1.165, 1.54) is 23.1 Å². The van der Waals surface area contributed by atoms with Crippen LogP contribution in [0.1, 0.15) is 11.1 Å². The molecule has 28 heavy (non-hydrogen) atoms. The highest BCUT2D eigenvalue weighted by Crippen LogP contribution is 2.40. The van der Waals surface area contributed by atoms with Crippen molar-refractivity contribution >= 4 is 11.0 Å². The van der Waals surface area contributed by atoms with Crippen LogP contribution >= 0.6 is 0 Å². The summed E-state index contributed by atoms with van der Waals surface area (Å²) in [6, 6.07) is 13.0. The van der Waals surface area contributed by atoms with Crippen LogP contribution in [0.25, 0.3) is 33.5 Å². The standard InChI is InChI=1S/C20H12F3N5/c1-28-19-17(18(27-28)13-5-3-2-4-6-13)15(20(21,22)23)8-16(26-19)14-7-12(9-24)10-25-11-14/h2-8,10-11H,1H3. The van der Waals surface area contributed by atoms with Crippen LogP contribution in [0.4, 0.5) is 13.2 Å². The quantitative estimate of drug-likeness (QED) is 0.511. The van der Waals surface area contributed by atoms with E-state index in [2.05, 4.69) is 15.1 Å². The van der Waals surface area contributed by atoms with Crippen LogP contribution in [0, 0.1) is 11.3 Å². The van der Waals surface area contributed by atoms with E-state index in [1.54, 1.807) is 37.4 Å². The number of nitrogens with zero attached hydrogens (tertiary/aromatic N) is 5. The molecule has 0 atom stereocenters. The Hall–Kier alpha value is -3.73. The van der Waals surface area contributed by atoms with Gasteiger partial charge in [-0.2, -0.15) is 23.5 Å². The maximum atomic E-state index is 13.9. The van der Waals surface area contributed by atoms with Gasteiger partial charge in [0, 0.05) is 30.6 Å². The van der Waals surface area contributed by atoms with E-state index < -0.39 is 11.7 Å². The van der Waals surface area contributed by atoms with Gasteiger partial charge in [-0.25, -0.2) is 9.67 Å². The maximum absolute atomic E-state index is 13.9. The first-order valence-corrected chi connectivity index (χ1v) is 8.24. The lowest BCUT2D eigenvalue weighted by Gasteiger charge is -2.12. The minimum atomic E-state index is -4.61. The largest absolute Gasteiger partial charge is 0.417 e. The van der Waals surface area contributed by atoms with Crippen LogP contribution in [0.15, 0.2) is 54.9 Å². The van der Waals surface area contributed by atoms with Crippen LogP contribution < -0.4 is 0 Å². The van der Waals surface area contributed by atoms with Gasteiger partial charge in [-0.15, -0.1) is 0 Å². The smallest absolute Gasteiger partial charge is 0.263 e. The lowest BCUT2D eigenvalue weighted by molar-refractivity contribution is -0.136. The van der Waals surface area contributed by atoms with Crippen molar-refractivity contribution in [2.24, 2.45) is 7.05 Å². The van der Waals surface area contributed by atoms with Crippen molar-refractivity contribution in [3.63, 3.8) is 0 Å². The monoisotopic (exact) mass is 379 g/mol. The Bertz CT molecular complexity index is 1220. The highest BCUT2D eigenvalue weighted by atomic mass is 19.4. The molecule has 0 bridgehead atoms. The average Bonchev–Trinajstić information content (AvgIpc) is 3.04. The zero-order valence-corrected chi connectivity index (χ0v) is 14.6. The number of halogens is 3. The van der Waals surface area contributed by atoms with Gasteiger partial charge in [0.2, 0.25) is 0 Å². The fraction of sp³-hybridized carbons (Fsp3) is 0.100. The molecule has 138 valence electrons. The van der Waals surface area contributed by atoms with Gasteiger partial charge in [-0.3, -0.25) is 4.98 Å². The first-order chi connectivity index (χ1) is 13.4. The third kappa shape index (κ3) is 2.97. The number of alkyl halides is 3. The Morgan fingerprint density at radius 2 is 1.79 bits per heavy atom. The van der Waals surface area contributed by atoms with Gasteiger partial charge in [-0.05, 0) is 12.1 Å². The van der Waals surface area contributed by atoms with Crippen molar-refractivity contribution in [2.45, 2.75) is 6.18 Å². The number of aryl methyl sites for hydroxylation is 1. The van der Waals surface area contributed by atoms with Crippen LogP contribution in [-0.2, 0) is 13.2 Å². The normalized spacial score (nSPS) is 11.5. The van der Waals surface area contributed by atoms with E-state index in [9.17, 15) is 13.2 Å². The topological polar surface area (TPSA) is 67.4 Å². The first-order valence-electron chi connectivity index (χ1n) is 8.24. The number of pyridine rings is 2. The number of nitriles is 1. The van der Waals surface area contributed by atoms with Crippen LogP contribution in [0.2, 0.25) is 0 Å². The van der Waals surface area contributed by atoms with Crippen LogP contribution in [-0.4, -0.2) is 19.7 Å². The molecule has 0 spiro atoms. The number of hydrogen-bond acceptors (Lipinski definition) is 4. The summed E-state index contributed by atoms with van der Waals surface area (Å²) >= 11 is 0. The second-order valence-corrected chi connectivity index (χ2v) is 6.16. The summed E-state index contributed by atoms with van der Waals surface area (Å²) in [5.41, 5.74) is 0.700. The van der Waals surface area contributed by atoms with Gasteiger partial charge < -0.3 is 0 Å². The van der Waals surface area contributed by atoms with Gasteiger partial charge in [0.05, 0.1) is 22.2 Å². The van der Waals surface area contributed by atoms with Gasteiger partial charge >= 0.3 is 6.18 Å². The molecule has 0 aliphatic rings. The zero-order valence-electron chi connectivity index (χ0n) is 14.6. The van der Waals surface area contributed by atoms with Crippen molar-refractivity contribution in [3.05, 3.63) is 66.0 Å². The lowest BCUT2D eigenvalue weighted by atomic mass is 10.0. The van der Waals surface area contributed by atoms with Gasteiger partial charge in [0.1, 0.15) is 11.8 Å². The summed E-state index contributed by atoms with van der Waals surface area (Å²) in [5.74, 6) is 0. The Kier molecular flexibility index (Phi) is 4.08. The van der Waals surface area contributed by atoms with Crippen LogP contribution in [0.5, 0.6) is 0 Å². The number of rotatable bonds is 2. The molecule has 0 aliphatic carbocycles. The van der Waals surface area contributed by atoms with Crippen molar-refractivity contribution in [3.8, 4) is 28.6 Å². The molecule has 0 aliphatic heterocycles.